The maximum absolute atomic E-state index is 3.73. The molecule has 100 valence electrons. The minimum atomic E-state index is 0.479. The number of rotatable bonds is 3. The molecule has 0 saturated heterocycles. The highest BCUT2D eigenvalue weighted by Crippen LogP contribution is 2.39. The van der Waals surface area contributed by atoms with Crippen LogP contribution in [0, 0.1) is 11.3 Å². The van der Waals surface area contributed by atoms with E-state index in [0.29, 0.717) is 11.5 Å². The van der Waals surface area contributed by atoms with Crippen LogP contribution >= 0.6 is 11.8 Å². The predicted octanol–water partition coefficient (Wildman–Crippen LogP) is 5.04. The van der Waals surface area contributed by atoms with Gasteiger partial charge < -0.3 is 5.32 Å². The third-order valence-corrected chi connectivity index (χ3v) is 4.55. The van der Waals surface area contributed by atoms with Crippen molar-refractivity contribution in [2.75, 3.05) is 11.6 Å². The molecule has 1 fully saturated rings. The van der Waals surface area contributed by atoms with Gasteiger partial charge in [0.25, 0.3) is 0 Å². The van der Waals surface area contributed by atoms with Gasteiger partial charge in [0, 0.05) is 16.6 Å². The van der Waals surface area contributed by atoms with E-state index in [-0.39, 0.29) is 0 Å². The average molecular weight is 263 g/mol. The van der Waals surface area contributed by atoms with Crippen molar-refractivity contribution in [3.05, 3.63) is 24.3 Å². The van der Waals surface area contributed by atoms with E-state index in [2.05, 4.69) is 56.6 Å². The van der Waals surface area contributed by atoms with Crippen molar-refractivity contribution >= 4 is 17.4 Å². The molecule has 0 radical (unpaired) electrons. The molecule has 1 nitrogen and oxygen atoms in total. The highest BCUT2D eigenvalue weighted by atomic mass is 32.2. The van der Waals surface area contributed by atoms with Gasteiger partial charge in [-0.05, 0) is 55.1 Å². The first kappa shape index (κ1) is 13.8. The van der Waals surface area contributed by atoms with E-state index in [4.69, 9.17) is 0 Å². The van der Waals surface area contributed by atoms with Gasteiger partial charge in [-0.3, -0.25) is 0 Å². The van der Waals surface area contributed by atoms with Gasteiger partial charge in [0.15, 0.2) is 0 Å². The molecule has 0 amide bonds. The van der Waals surface area contributed by atoms with Gasteiger partial charge >= 0.3 is 0 Å². The Bertz CT molecular complexity index is 400. The van der Waals surface area contributed by atoms with Crippen LogP contribution in [-0.4, -0.2) is 12.3 Å². The number of hydrogen-bond donors (Lipinski definition) is 1. The second kappa shape index (κ2) is 5.56. The second-order valence-electron chi connectivity index (χ2n) is 6.49. The molecule has 0 spiro atoms. The zero-order valence-electron chi connectivity index (χ0n) is 12.0. The molecule has 1 aromatic rings. The molecule has 0 aliphatic heterocycles. The Kier molecular flexibility index (Phi) is 4.26. The largest absolute Gasteiger partial charge is 0.382 e. The van der Waals surface area contributed by atoms with Crippen LogP contribution < -0.4 is 5.32 Å². The Morgan fingerprint density at radius 3 is 2.72 bits per heavy atom. The van der Waals surface area contributed by atoms with Gasteiger partial charge in [-0.15, -0.1) is 11.8 Å². The highest BCUT2D eigenvalue weighted by Gasteiger charge is 2.31. The molecular formula is C16H25NS. The quantitative estimate of drug-likeness (QED) is 0.767. The van der Waals surface area contributed by atoms with Crippen LogP contribution in [0.3, 0.4) is 0 Å². The monoisotopic (exact) mass is 263 g/mol. The first-order chi connectivity index (χ1) is 8.48. The molecule has 1 aliphatic rings. The highest BCUT2D eigenvalue weighted by molar-refractivity contribution is 7.98. The topological polar surface area (TPSA) is 12.0 Å². The molecule has 0 heterocycles. The molecule has 2 atom stereocenters. The fourth-order valence-electron chi connectivity index (χ4n) is 3.40. The first-order valence-corrected chi connectivity index (χ1v) is 8.11. The van der Waals surface area contributed by atoms with Crippen molar-refractivity contribution in [3.63, 3.8) is 0 Å². The van der Waals surface area contributed by atoms with Crippen molar-refractivity contribution in [2.45, 2.75) is 51.0 Å². The summed E-state index contributed by atoms with van der Waals surface area (Å²) in [6.45, 7) is 7.18. The maximum Gasteiger partial charge on any atom is 0.0353 e. The number of thioether (sulfide) groups is 1. The number of nitrogens with one attached hydrogen (secondary N) is 1. The minimum absolute atomic E-state index is 0.479. The lowest BCUT2D eigenvalue weighted by Gasteiger charge is -2.39. The van der Waals surface area contributed by atoms with Crippen molar-refractivity contribution in [2.24, 2.45) is 11.3 Å². The smallest absolute Gasteiger partial charge is 0.0353 e. The van der Waals surface area contributed by atoms with E-state index >= 15 is 0 Å². The summed E-state index contributed by atoms with van der Waals surface area (Å²) in [6.07, 6.45) is 6.06. The summed E-state index contributed by atoms with van der Waals surface area (Å²) in [5, 5.41) is 3.73. The van der Waals surface area contributed by atoms with E-state index < -0.39 is 0 Å². The zero-order chi connectivity index (χ0) is 13.2. The molecule has 1 N–H and O–H groups in total. The molecule has 0 aromatic heterocycles. The predicted molar refractivity (Wildman–Crippen MR) is 82.4 cm³/mol. The Balaban J connectivity index is 2.04. The van der Waals surface area contributed by atoms with Gasteiger partial charge in [-0.1, -0.05) is 26.8 Å². The van der Waals surface area contributed by atoms with Crippen molar-refractivity contribution < 1.29 is 0 Å². The third-order valence-electron chi connectivity index (χ3n) is 3.83. The SMILES string of the molecule is CSc1cccc(NC2CC(C)CC(C)(C)C2)c1. The first-order valence-electron chi connectivity index (χ1n) is 6.89. The fraction of sp³-hybridized carbons (Fsp3) is 0.625. The normalized spacial score (nSPS) is 26.9. The van der Waals surface area contributed by atoms with Gasteiger partial charge in [0.1, 0.15) is 0 Å². The second-order valence-corrected chi connectivity index (χ2v) is 7.37. The zero-order valence-corrected chi connectivity index (χ0v) is 12.8. The van der Waals surface area contributed by atoms with Crippen molar-refractivity contribution in [3.8, 4) is 0 Å². The molecule has 2 rings (SSSR count). The van der Waals surface area contributed by atoms with Crippen molar-refractivity contribution in [1.29, 1.82) is 0 Å². The molecule has 0 bridgehead atoms. The Morgan fingerprint density at radius 1 is 1.28 bits per heavy atom. The molecule has 1 aliphatic carbocycles. The number of hydrogen-bond acceptors (Lipinski definition) is 2. The van der Waals surface area contributed by atoms with E-state index in [1.54, 1.807) is 11.8 Å². The molecular weight excluding hydrogens is 238 g/mol. The Morgan fingerprint density at radius 2 is 2.06 bits per heavy atom. The molecule has 1 aromatic carbocycles. The van der Waals surface area contributed by atoms with E-state index in [9.17, 15) is 0 Å². The summed E-state index contributed by atoms with van der Waals surface area (Å²) < 4.78 is 0. The molecule has 18 heavy (non-hydrogen) atoms. The lowest BCUT2D eigenvalue weighted by Crippen LogP contribution is -2.35. The lowest BCUT2D eigenvalue weighted by molar-refractivity contribution is 0.178. The van der Waals surface area contributed by atoms with Crippen LogP contribution in [0.2, 0.25) is 0 Å². The standard InChI is InChI=1S/C16H25NS/c1-12-8-14(11-16(2,3)10-12)17-13-6-5-7-15(9-13)18-4/h5-7,9,12,14,17H,8,10-11H2,1-4H3. The fourth-order valence-corrected chi connectivity index (χ4v) is 3.86. The maximum atomic E-state index is 3.73. The Labute approximate surface area is 116 Å². The molecule has 1 saturated carbocycles. The van der Waals surface area contributed by atoms with Crippen LogP contribution in [0.15, 0.2) is 29.2 Å². The minimum Gasteiger partial charge on any atom is -0.382 e. The summed E-state index contributed by atoms with van der Waals surface area (Å²) in [4.78, 5) is 1.34. The van der Waals surface area contributed by atoms with Crippen LogP contribution in [0.1, 0.15) is 40.0 Å². The van der Waals surface area contributed by atoms with Crippen LogP contribution in [-0.2, 0) is 0 Å². The third kappa shape index (κ3) is 3.68. The van der Waals surface area contributed by atoms with Crippen molar-refractivity contribution in [1.82, 2.24) is 0 Å². The molecule has 2 heteroatoms. The summed E-state index contributed by atoms with van der Waals surface area (Å²) in [5.41, 5.74) is 1.75. The Hall–Kier alpha value is -0.630. The number of benzene rings is 1. The number of anilines is 1. The van der Waals surface area contributed by atoms with E-state index in [0.717, 1.165) is 5.92 Å². The van der Waals surface area contributed by atoms with Gasteiger partial charge in [-0.2, -0.15) is 0 Å². The summed E-state index contributed by atoms with van der Waals surface area (Å²) in [6, 6.07) is 9.39. The lowest BCUT2D eigenvalue weighted by atomic mass is 9.70. The van der Waals surface area contributed by atoms with Crippen LogP contribution in [0.5, 0.6) is 0 Å². The average Bonchev–Trinajstić information content (AvgIpc) is 2.26. The van der Waals surface area contributed by atoms with Gasteiger partial charge in [-0.25, -0.2) is 0 Å². The van der Waals surface area contributed by atoms with Gasteiger partial charge in [0.05, 0.1) is 0 Å². The summed E-state index contributed by atoms with van der Waals surface area (Å²) in [7, 11) is 0. The van der Waals surface area contributed by atoms with E-state index in [1.807, 2.05) is 0 Å². The van der Waals surface area contributed by atoms with Crippen LogP contribution in [0.4, 0.5) is 5.69 Å². The summed E-state index contributed by atoms with van der Waals surface area (Å²) in [5.74, 6) is 0.829. The summed E-state index contributed by atoms with van der Waals surface area (Å²) >= 11 is 1.81. The van der Waals surface area contributed by atoms with E-state index in [1.165, 1.54) is 29.8 Å². The van der Waals surface area contributed by atoms with Gasteiger partial charge in [0.2, 0.25) is 0 Å². The van der Waals surface area contributed by atoms with Crippen LogP contribution in [0.25, 0.3) is 0 Å². The molecule has 2 unspecified atom stereocenters.